The molecule has 0 aliphatic heterocycles. The van der Waals surface area contributed by atoms with E-state index in [4.69, 9.17) is 15.5 Å². The summed E-state index contributed by atoms with van der Waals surface area (Å²) < 4.78 is 11.3. The van der Waals surface area contributed by atoms with E-state index in [2.05, 4.69) is 5.32 Å². The van der Waals surface area contributed by atoms with Crippen LogP contribution in [0.4, 0.5) is 0 Å². The van der Waals surface area contributed by atoms with E-state index in [-0.39, 0.29) is 12.3 Å². The lowest BCUT2D eigenvalue weighted by atomic mass is 10.0. The Kier molecular flexibility index (Phi) is 5.14. The largest absolute Gasteiger partial charge is 0.350 e. The maximum atomic E-state index is 11.6. The van der Waals surface area contributed by atoms with Gasteiger partial charge in [-0.05, 0) is 19.3 Å². The van der Waals surface area contributed by atoms with Crippen molar-refractivity contribution >= 4 is 13.5 Å². The highest BCUT2D eigenvalue weighted by Gasteiger charge is 2.42. The lowest BCUT2D eigenvalue weighted by molar-refractivity contribution is -0.124. The second-order valence-corrected chi connectivity index (χ2v) is 6.51. The second-order valence-electron chi connectivity index (χ2n) is 4.43. The molecular formula is C9H21N2O4P. The highest BCUT2D eigenvalue weighted by Crippen LogP contribution is 2.50. The molecule has 0 saturated heterocycles. The van der Waals surface area contributed by atoms with Gasteiger partial charge < -0.3 is 20.8 Å². The lowest BCUT2D eigenvalue weighted by Gasteiger charge is -2.31. The van der Waals surface area contributed by atoms with E-state index in [0.29, 0.717) is 0 Å². The average molecular weight is 252 g/mol. The highest BCUT2D eigenvalue weighted by atomic mass is 31.2. The van der Waals surface area contributed by atoms with Crippen LogP contribution in [0.25, 0.3) is 0 Å². The van der Waals surface area contributed by atoms with Crippen LogP contribution in [0.3, 0.4) is 0 Å². The van der Waals surface area contributed by atoms with Crippen LogP contribution in [0, 0.1) is 5.92 Å². The van der Waals surface area contributed by atoms with Crippen LogP contribution in [-0.2, 0) is 9.36 Å². The molecule has 1 unspecified atom stereocenters. The first-order chi connectivity index (χ1) is 7.05. The Morgan fingerprint density at radius 3 is 2.19 bits per heavy atom. The molecular weight excluding hydrogens is 231 g/mol. The van der Waals surface area contributed by atoms with Gasteiger partial charge in [0.2, 0.25) is 5.91 Å². The molecule has 0 aliphatic rings. The monoisotopic (exact) mass is 252 g/mol. The summed E-state index contributed by atoms with van der Waals surface area (Å²) in [6, 6.07) is -0.766. The number of amides is 1. The van der Waals surface area contributed by atoms with Crippen molar-refractivity contribution in [3.05, 3.63) is 0 Å². The van der Waals surface area contributed by atoms with Gasteiger partial charge in [-0.3, -0.25) is 9.36 Å². The van der Waals surface area contributed by atoms with Crippen molar-refractivity contribution in [2.75, 3.05) is 0 Å². The molecule has 0 fully saturated rings. The number of nitrogens with two attached hydrogens (primary N) is 1. The summed E-state index contributed by atoms with van der Waals surface area (Å²) in [5.41, 5.74) is 5.60. The van der Waals surface area contributed by atoms with Crippen molar-refractivity contribution in [1.29, 1.82) is 0 Å². The van der Waals surface area contributed by atoms with Gasteiger partial charge in [0, 0.05) is 0 Å². The van der Waals surface area contributed by atoms with Crippen molar-refractivity contribution in [2.24, 2.45) is 11.7 Å². The molecule has 0 aromatic rings. The average Bonchev–Trinajstić information content (AvgIpc) is 2.14. The SMILES string of the molecule is CCC(C)(NC(=O)[C@@H](N)C(C)C)P(=O)(O)O. The summed E-state index contributed by atoms with van der Waals surface area (Å²) in [6.07, 6.45) is 0.133. The van der Waals surface area contributed by atoms with E-state index in [1.807, 2.05) is 0 Å². The number of carbonyl (C=O) groups excluding carboxylic acids is 1. The topological polar surface area (TPSA) is 113 Å². The molecule has 0 aromatic heterocycles. The van der Waals surface area contributed by atoms with Crippen LogP contribution < -0.4 is 11.1 Å². The summed E-state index contributed by atoms with van der Waals surface area (Å²) in [4.78, 5) is 29.9. The molecule has 0 rings (SSSR count). The van der Waals surface area contributed by atoms with Crippen LogP contribution in [-0.4, -0.2) is 27.0 Å². The van der Waals surface area contributed by atoms with Crippen molar-refractivity contribution in [1.82, 2.24) is 5.32 Å². The van der Waals surface area contributed by atoms with Crippen molar-refractivity contribution in [2.45, 2.75) is 45.4 Å². The molecule has 96 valence electrons. The molecule has 0 heterocycles. The zero-order valence-electron chi connectivity index (χ0n) is 10.1. The predicted octanol–water partition coefficient (Wildman–Crippen LogP) is 0.390. The normalized spacial score (nSPS) is 18.0. The number of rotatable bonds is 5. The number of nitrogens with one attached hydrogen (secondary N) is 1. The molecule has 0 aliphatic carbocycles. The minimum absolute atomic E-state index is 0.0853. The van der Waals surface area contributed by atoms with Crippen molar-refractivity contribution < 1.29 is 19.1 Å². The fourth-order valence-electron chi connectivity index (χ4n) is 1.02. The van der Waals surface area contributed by atoms with Gasteiger partial charge in [-0.25, -0.2) is 0 Å². The number of hydrogen-bond donors (Lipinski definition) is 4. The van der Waals surface area contributed by atoms with Crippen LogP contribution in [0.15, 0.2) is 0 Å². The number of hydrogen-bond acceptors (Lipinski definition) is 3. The van der Waals surface area contributed by atoms with E-state index >= 15 is 0 Å². The van der Waals surface area contributed by atoms with E-state index in [1.165, 1.54) is 6.92 Å². The van der Waals surface area contributed by atoms with Gasteiger partial charge in [0.05, 0.1) is 6.04 Å². The smallest absolute Gasteiger partial charge is 0.338 e. The third kappa shape index (κ3) is 3.56. The maximum absolute atomic E-state index is 11.6. The Morgan fingerprint density at radius 1 is 1.50 bits per heavy atom. The van der Waals surface area contributed by atoms with Crippen molar-refractivity contribution in [3.8, 4) is 0 Å². The maximum Gasteiger partial charge on any atom is 0.350 e. The standard InChI is InChI=1S/C9H21N2O4P/c1-5-9(4,16(13,14)15)11-8(12)7(10)6(2)3/h6-7H,5,10H2,1-4H3,(H,11,12)(H2,13,14,15)/t7-,9?/m0/s1. The Bertz CT molecular complexity index is 302. The van der Waals surface area contributed by atoms with Gasteiger partial charge in [-0.1, -0.05) is 20.8 Å². The van der Waals surface area contributed by atoms with E-state index in [9.17, 15) is 9.36 Å². The van der Waals surface area contributed by atoms with Crippen LogP contribution in [0.5, 0.6) is 0 Å². The quantitative estimate of drug-likeness (QED) is 0.529. The van der Waals surface area contributed by atoms with Gasteiger partial charge in [-0.15, -0.1) is 0 Å². The molecule has 0 spiro atoms. The molecule has 6 nitrogen and oxygen atoms in total. The van der Waals surface area contributed by atoms with Gasteiger partial charge in [0.25, 0.3) is 0 Å². The third-order valence-corrected chi connectivity index (χ3v) is 4.46. The van der Waals surface area contributed by atoms with Crippen LogP contribution in [0.1, 0.15) is 34.1 Å². The molecule has 5 N–H and O–H groups in total. The Morgan fingerprint density at radius 2 is 1.94 bits per heavy atom. The first-order valence-corrected chi connectivity index (χ1v) is 6.79. The van der Waals surface area contributed by atoms with Gasteiger partial charge in [-0.2, -0.15) is 0 Å². The molecule has 0 bridgehead atoms. The van der Waals surface area contributed by atoms with E-state index in [0.717, 1.165) is 0 Å². The summed E-state index contributed by atoms with van der Waals surface area (Å²) in [7, 11) is -4.40. The summed E-state index contributed by atoms with van der Waals surface area (Å²) in [6.45, 7) is 6.45. The lowest BCUT2D eigenvalue weighted by Crippen LogP contribution is -2.53. The van der Waals surface area contributed by atoms with Crippen molar-refractivity contribution in [3.63, 3.8) is 0 Å². The Balaban J connectivity index is 4.82. The van der Waals surface area contributed by atoms with Gasteiger partial charge >= 0.3 is 7.60 Å². The zero-order chi connectivity index (χ0) is 13.1. The molecule has 2 atom stereocenters. The molecule has 0 radical (unpaired) electrons. The molecule has 0 aromatic carbocycles. The highest BCUT2D eigenvalue weighted by molar-refractivity contribution is 7.53. The minimum atomic E-state index is -4.40. The molecule has 1 amide bonds. The second kappa shape index (κ2) is 5.27. The van der Waals surface area contributed by atoms with E-state index in [1.54, 1.807) is 20.8 Å². The Hall–Kier alpha value is -0.420. The first kappa shape index (κ1) is 15.6. The predicted molar refractivity (Wildman–Crippen MR) is 61.7 cm³/mol. The van der Waals surface area contributed by atoms with E-state index < -0.39 is 24.8 Å². The minimum Gasteiger partial charge on any atom is -0.338 e. The van der Waals surface area contributed by atoms with Gasteiger partial charge in [0.15, 0.2) is 0 Å². The summed E-state index contributed by atoms with van der Waals surface area (Å²) in [5.74, 6) is -0.624. The van der Waals surface area contributed by atoms with Crippen LogP contribution in [0.2, 0.25) is 0 Å². The fraction of sp³-hybridized carbons (Fsp3) is 0.889. The first-order valence-electron chi connectivity index (χ1n) is 5.18. The fourth-order valence-corrected chi connectivity index (χ4v) is 1.69. The number of carbonyl (C=O) groups is 1. The Labute approximate surface area is 95.8 Å². The molecule has 0 saturated carbocycles. The zero-order valence-corrected chi connectivity index (χ0v) is 11.0. The third-order valence-electron chi connectivity index (χ3n) is 2.74. The van der Waals surface area contributed by atoms with Crippen LogP contribution >= 0.6 is 7.60 Å². The summed E-state index contributed by atoms with van der Waals surface area (Å²) in [5, 5.41) is 0.792. The molecule has 16 heavy (non-hydrogen) atoms. The van der Waals surface area contributed by atoms with Gasteiger partial charge in [0.1, 0.15) is 5.28 Å². The summed E-state index contributed by atoms with van der Waals surface area (Å²) >= 11 is 0. The molecule has 7 heteroatoms.